The van der Waals surface area contributed by atoms with Gasteiger partial charge in [0.05, 0.1) is 7.11 Å². The fourth-order valence-electron chi connectivity index (χ4n) is 1.96. The molecular weight excluding hydrogens is 228 g/mol. The highest BCUT2D eigenvalue weighted by atomic mass is 32.2. The van der Waals surface area contributed by atoms with Crippen molar-refractivity contribution in [2.24, 2.45) is 0 Å². The van der Waals surface area contributed by atoms with Crippen molar-refractivity contribution in [3.63, 3.8) is 0 Å². The van der Waals surface area contributed by atoms with Crippen molar-refractivity contribution in [3.8, 4) is 10.6 Å². The highest BCUT2D eigenvalue weighted by Crippen LogP contribution is 2.39. The van der Waals surface area contributed by atoms with Gasteiger partial charge in [0.2, 0.25) is 0 Å². The minimum absolute atomic E-state index is 0.0880. The van der Waals surface area contributed by atoms with E-state index in [4.69, 9.17) is 4.74 Å². The van der Waals surface area contributed by atoms with E-state index in [9.17, 15) is 0 Å². The average molecular weight is 241 g/mol. The molecule has 0 amide bonds. The van der Waals surface area contributed by atoms with Crippen LogP contribution in [0.2, 0.25) is 0 Å². The van der Waals surface area contributed by atoms with Crippen molar-refractivity contribution in [2.75, 3.05) is 7.11 Å². The first-order valence-electron chi connectivity index (χ1n) is 5.53. The molecule has 2 heteroatoms. The number of benzene rings is 2. The van der Waals surface area contributed by atoms with Crippen LogP contribution in [0.4, 0.5) is 0 Å². The van der Waals surface area contributed by atoms with Gasteiger partial charge in [-0.25, -0.2) is 0 Å². The summed E-state index contributed by atoms with van der Waals surface area (Å²) in [6.07, 6.45) is 0. The van der Waals surface area contributed by atoms with Gasteiger partial charge in [-0.05, 0) is 24.3 Å². The summed E-state index contributed by atoms with van der Waals surface area (Å²) in [5.74, 6) is 0.911. The summed E-state index contributed by atoms with van der Waals surface area (Å²) in [5, 5.41) is 3.62. The molecule has 3 rings (SSSR count). The van der Waals surface area contributed by atoms with Gasteiger partial charge in [0.25, 0.3) is 0 Å². The zero-order valence-corrected chi connectivity index (χ0v) is 10.4. The molecule has 1 atom stereocenters. The number of hydrogen-bond donors (Lipinski definition) is 0. The molecule has 0 fully saturated rings. The Morgan fingerprint density at radius 3 is 2.41 bits per heavy atom. The summed E-state index contributed by atoms with van der Waals surface area (Å²) in [6.45, 7) is 0. The van der Waals surface area contributed by atoms with Crippen LogP contribution in [0.3, 0.4) is 0 Å². The van der Waals surface area contributed by atoms with Crippen LogP contribution in [-0.2, 0) is 0 Å². The summed E-state index contributed by atoms with van der Waals surface area (Å²) < 4.78 is 6.60. The van der Waals surface area contributed by atoms with E-state index in [1.807, 2.05) is 12.1 Å². The number of fused-ring (bicyclic) bond motifs is 1. The third-order valence-corrected chi connectivity index (χ3v) is 4.89. The summed E-state index contributed by atoms with van der Waals surface area (Å²) in [6, 6.07) is 19.1. The van der Waals surface area contributed by atoms with E-state index in [1.54, 1.807) is 7.11 Å². The van der Waals surface area contributed by atoms with Crippen molar-refractivity contribution in [1.82, 2.24) is 0 Å². The van der Waals surface area contributed by atoms with Crippen LogP contribution in [0.5, 0.6) is 5.75 Å². The monoisotopic (exact) mass is 241 g/mol. The van der Waals surface area contributed by atoms with Crippen LogP contribution in [0, 0.1) is 0 Å². The van der Waals surface area contributed by atoms with E-state index < -0.39 is 0 Å². The van der Waals surface area contributed by atoms with Gasteiger partial charge < -0.3 is 4.74 Å². The highest BCUT2D eigenvalue weighted by Gasteiger charge is 2.14. The van der Waals surface area contributed by atoms with Gasteiger partial charge in [-0.1, -0.05) is 12.1 Å². The number of methoxy groups -OCH3 is 1. The van der Waals surface area contributed by atoms with E-state index in [0.29, 0.717) is 0 Å². The maximum absolute atomic E-state index is 5.19. The Bertz CT molecular complexity index is 637. The van der Waals surface area contributed by atoms with Crippen LogP contribution in [-0.4, -0.2) is 7.11 Å². The highest BCUT2D eigenvalue weighted by molar-refractivity contribution is 7.43. The van der Waals surface area contributed by atoms with Crippen LogP contribution in [0.1, 0.15) is 0 Å². The molecule has 0 bridgehead atoms. The van der Waals surface area contributed by atoms with Crippen molar-refractivity contribution < 1.29 is 4.74 Å². The second-order valence-corrected chi connectivity index (χ2v) is 5.71. The van der Waals surface area contributed by atoms with Crippen LogP contribution in [0.15, 0.2) is 60.0 Å². The molecule has 17 heavy (non-hydrogen) atoms. The molecule has 2 aromatic carbocycles. The minimum Gasteiger partial charge on any atom is -0.497 e. The first kappa shape index (κ1) is 10.4. The first-order chi connectivity index (χ1) is 8.38. The largest absolute Gasteiger partial charge is 0.497 e. The Balaban J connectivity index is 2.13. The quantitative estimate of drug-likeness (QED) is 0.596. The van der Waals surface area contributed by atoms with Gasteiger partial charge in [0.15, 0.2) is 9.60 Å². The lowest BCUT2D eigenvalue weighted by molar-refractivity contribution is 0.415. The molecular formula is C15H13OS+. The predicted molar refractivity (Wildman–Crippen MR) is 74.3 cm³/mol. The van der Waals surface area contributed by atoms with E-state index in [-0.39, 0.29) is 10.5 Å². The lowest BCUT2D eigenvalue weighted by atomic mass is 10.3. The number of rotatable bonds is 2. The molecule has 1 aromatic heterocycles. The molecule has 1 heterocycles. The lowest BCUT2D eigenvalue weighted by Gasteiger charge is -1.97. The van der Waals surface area contributed by atoms with E-state index in [2.05, 4.69) is 47.8 Å². The smallest absolute Gasteiger partial charge is 0.186 e. The van der Waals surface area contributed by atoms with Crippen LogP contribution >= 0.6 is 10.5 Å². The summed E-state index contributed by atoms with van der Waals surface area (Å²) in [7, 11) is 1.78. The SMILES string of the molecule is COc1ccc(-[s+]2ccc3ccccc32)cc1. The van der Waals surface area contributed by atoms with E-state index in [0.717, 1.165) is 5.75 Å². The van der Waals surface area contributed by atoms with Gasteiger partial charge >= 0.3 is 0 Å². The zero-order chi connectivity index (χ0) is 11.7. The second kappa shape index (κ2) is 4.22. The molecule has 0 saturated carbocycles. The molecule has 0 N–H and O–H groups in total. The maximum Gasteiger partial charge on any atom is 0.186 e. The molecule has 0 aliphatic heterocycles. The summed E-state index contributed by atoms with van der Waals surface area (Å²) in [4.78, 5) is 1.34. The Kier molecular flexibility index (Phi) is 2.57. The molecule has 84 valence electrons. The predicted octanol–water partition coefficient (Wildman–Crippen LogP) is 4.59. The normalized spacial score (nSPS) is 11.7. The molecule has 0 saturated heterocycles. The third-order valence-electron chi connectivity index (χ3n) is 2.85. The Hall–Kier alpha value is -1.80. The molecule has 1 nitrogen and oxygen atoms in total. The van der Waals surface area contributed by atoms with Gasteiger partial charge in [-0.3, -0.25) is 0 Å². The van der Waals surface area contributed by atoms with Crippen molar-refractivity contribution >= 4 is 20.6 Å². The zero-order valence-electron chi connectivity index (χ0n) is 9.59. The standard InChI is InChI=1S/C15H13OS/c1-16-13-6-8-14(9-7-13)17-11-10-12-4-2-3-5-15(12)17/h2-11H,1H3/q+1. The lowest BCUT2D eigenvalue weighted by Crippen LogP contribution is -1.80. The van der Waals surface area contributed by atoms with E-state index in [1.165, 1.54) is 15.0 Å². The Morgan fingerprint density at radius 1 is 0.882 bits per heavy atom. The van der Waals surface area contributed by atoms with Crippen LogP contribution in [0.25, 0.3) is 15.0 Å². The number of thiophene rings is 1. The van der Waals surface area contributed by atoms with Gasteiger partial charge in [-0.15, -0.1) is 0 Å². The van der Waals surface area contributed by atoms with Crippen molar-refractivity contribution in [1.29, 1.82) is 0 Å². The molecule has 0 aliphatic carbocycles. The van der Waals surface area contributed by atoms with Crippen LogP contribution < -0.4 is 4.74 Å². The molecule has 0 aliphatic rings. The Labute approximate surface area is 103 Å². The summed E-state index contributed by atoms with van der Waals surface area (Å²) >= 11 is 0. The first-order valence-corrected chi connectivity index (χ1v) is 6.81. The molecule has 3 aromatic rings. The second-order valence-electron chi connectivity index (χ2n) is 3.85. The molecule has 0 spiro atoms. The van der Waals surface area contributed by atoms with Gasteiger partial charge in [-0.2, -0.15) is 0 Å². The maximum atomic E-state index is 5.19. The average Bonchev–Trinajstić information content (AvgIpc) is 2.83. The third kappa shape index (κ3) is 1.81. The fraction of sp³-hybridized carbons (Fsp3) is 0.0667. The molecule has 1 unspecified atom stereocenters. The van der Waals surface area contributed by atoms with Gasteiger partial charge in [0.1, 0.15) is 11.1 Å². The number of hydrogen-bond acceptors (Lipinski definition) is 1. The van der Waals surface area contributed by atoms with E-state index >= 15 is 0 Å². The summed E-state index contributed by atoms with van der Waals surface area (Å²) in [5.41, 5.74) is 0. The van der Waals surface area contributed by atoms with Crippen molar-refractivity contribution in [3.05, 3.63) is 60.0 Å². The minimum atomic E-state index is 0.0880. The topological polar surface area (TPSA) is 9.23 Å². The fourth-order valence-corrected chi connectivity index (χ4v) is 3.85. The van der Waals surface area contributed by atoms with Crippen molar-refractivity contribution in [2.45, 2.75) is 0 Å². The molecule has 0 radical (unpaired) electrons. The Morgan fingerprint density at radius 2 is 1.65 bits per heavy atom. The van der Waals surface area contributed by atoms with Gasteiger partial charge in [0, 0.05) is 34.1 Å². The number of ether oxygens (including phenoxy) is 1.